The molecule has 1 fully saturated rings. The Labute approximate surface area is 184 Å². The normalized spacial score (nSPS) is 18.2. The summed E-state index contributed by atoms with van der Waals surface area (Å²) in [6.45, 7) is 2.08. The fourth-order valence-electron chi connectivity index (χ4n) is 3.72. The number of carbonyl (C=O) groups is 3. The largest absolute Gasteiger partial charge is 0.467 e. The number of nitrogens with zero attached hydrogens (tertiary/aromatic N) is 1. The van der Waals surface area contributed by atoms with Gasteiger partial charge in [-0.05, 0) is 42.6 Å². The molecule has 4 rings (SSSR count). The molecule has 2 aromatic heterocycles. The fourth-order valence-corrected chi connectivity index (χ4v) is 4.60. The molecular formula is C23H23N3O4S. The second-order valence-corrected chi connectivity index (χ2v) is 8.42. The van der Waals surface area contributed by atoms with E-state index in [0.717, 1.165) is 16.1 Å². The molecule has 0 spiro atoms. The Kier molecular flexibility index (Phi) is 6.18. The van der Waals surface area contributed by atoms with E-state index in [9.17, 15) is 14.4 Å². The monoisotopic (exact) mass is 437 g/mol. The zero-order valence-electron chi connectivity index (χ0n) is 17.0. The van der Waals surface area contributed by atoms with Crippen LogP contribution in [0.2, 0.25) is 0 Å². The zero-order valence-corrected chi connectivity index (χ0v) is 17.9. The van der Waals surface area contributed by atoms with Gasteiger partial charge >= 0.3 is 0 Å². The first-order chi connectivity index (χ1) is 15.0. The number of rotatable bonds is 7. The van der Waals surface area contributed by atoms with E-state index in [1.54, 1.807) is 17.0 Å². The van der Waals surface area contributed by atoms with Crippen molar-refractivity contribution in [2.75, 3.05) is 11.4 Å². The van der Waals surface area contributed by atoms with Gasteiger partial charge < -0.3 is 20.0 Å². The number of anilines is 1. The molecular weight excluding hydrogens is 414 g/mol. The summed E-state index contributed by atoms with van der Waals surface area (Å²) in [5, 5.41) is 7.32. The van der Waals surface area contributed by atoms with Crippen LogP contribution in [0.1, 0.15) is 28.7 Å². The maximum absolute atomic E-state index is 13.0. The Bertz CT molecular complexity index is 1050. The molecule has 0 saturated carbocycles. The van der Waals surface area contributed by atoms with Crippen LogP contribution in [0.4, 0.5) is 5.69 Å². The van der Waals surface area contributed by atoms with Crippen molar-refractivity contribution in [2.24, 2.45) is 5.92 Å². The topological polar surface area (TPSA) is 91.7 Å². The molecule has 3 heterocycles. The summed E-state index contributed by atoms with van der Waals surface area (Å²) in [6, 6.07) is 14.6. The molecule has 2 unspecified atom stereocenters. The van der Waals surface area contributed by atoms with E-state index in [-0.39, 0.29) is 37.2 Å². The summed E-state index contributed by atoms with van der Waals surface area (Å²) in [7, 11) is 0. The van der Waals surface area contributed by atoms with Crippen LogP contribution in [0.25, 0.3) is 0 Å². The number of furan rings is 1. The third-order valence-electron chi connectivity index (χ3n) is 5.27. The molecule has 3 aromatic rings. The SMILES string of the molecule is Cc1ccc(N2C(=O)CC(C(=O)NCC(=O)NCc3ccco3)C2c2cccs2)cc1. The first-order valence-electron chi connectivity index (χ1n) is 10.0. The first kappa shape index (κ1) is 20.9. The molecule has 31 heavy (non-hydrogen) atoms. The van der Waals surface area contributed by atoms with Crippen LogP contribution in [0.15, 0.2) is 64.6 Å². The minimum Gasteiger partial charge on any atom is -0.467 e. The number of carbonyl (C=O) groups excluding carboxylic acids is 3. The van der Waals surface area contributed by atoms with E-state index in [1.165, 1.54) is 17.6 Å². The number of hydrogen-bond donors (Lipinski definition) is 2. The van der Waals surface area contributed by atoms with E-state index in [0.29, 0.717) is 5.76 Å². The molecule has 2 atom stereocenters. The Morgan fingerprint density at radius 1 is 1.13 bits per heavy atom. The van der Waals surface area contributed by atoms with Gasteiger partial charge in [0, 0.05) is 17.0 Å². The number of thiophene rings is 1. The van der Waals surface area contributed by atoms with Crippen molar-refractivity contribution in [3.63, 3.8) is 0 Å². The van der Waals surface area contributed by atoms with Crippen LogP contribution in [0.3, 0.4) is 0 Å². The number of nitrogens with one attached hydrogen (secondary N) is 2. The van der Waals surface area contributed by atoms with Gasteiger partial charge in [-0.2, -0.15) is 0 Å². The first-order valence-corrected chi connectivity index (χ1v) is 10.9. The molecule has 0 radical (unpaired) electrons. The van der Waals surface area contributed by atoms with Crippen molar-refractivity contribution in [2.45, 2.75) is 25.9 Å². The molecule has 160 valence electrons. The molecule has 0 aliphatic carbocycles. The summed E-state index contributed by atoms with van der Waals surface area (Å²) in [6.07, 6.45) is 1.63. The van der Waals surface area contributed by atoms with Crippen molar-refractivity contribution >= 4 is 34.7 Å². The summed E-state index contributed by atoms with van der Waals surface area (Å²) in [5.74, 6) is -0.686. The number of benzene rings is 1. The Morgan fingerprint density at radius 3 is 2.61 bits per heavy atom. The summed E-state index contributed by atoms with van der Waals surface area (Å²) in [5.41, 5.74) is 1.86. The highest BCUT2D eigenvalue weighted by Gasteiger charge is 2.45. The highest BCUT2D eigenvalue weighted by atomic mass is 32.1. The molecule has 7 nitrogen and oxygen atoms in total. The van der Waals surface area contributed by atoms with Gasteiger partial charge in [0.05, 0.1) is 31.3 Å². The van der Waals surface area contributed by atoms with Crippen LogP contribution in [0.5, 0.6) is 0 Å². The minimum atomic E-state index is -0.578. The van der Waals surface area contributed by atoms with Gasteiger partial charge in [0.2, 0.25) is 17.7 Å². The highest BCUT2D eigenvalue weighted by Crippen LogP contribution is 2.43. The third-order valence-corrected chi connectivity index (χ3v) is 6.21. The lowest BCUT2D eigenvalue weighted by Gasteiger charge is -2.27. The van der Waals surface area contributed by atoms with Crippen LogP contribution in [0, 0.1) is 12.8 Å². The van der Waals surface area contributed by atoms with Crippen molar-refractivity contribution < 1.29 is 18.8 Å². The van der Waals surface area contributed by atoms with Gasteiger partial charge in [-0.1, -0.05) is 23.8 Å². The van der Waals surface area contributed by atoms with Gasteiger partial charge in [-0.15, -0.1) is 11.3 Å². The molecule has 1 aromatic carbocycles. The van der Waals surface area contributed by atoms with Crippen LogP contribution in [-0.2, 0) is 20.9 Å². The smallest absolute Gasteiger partial charge is 0.239 e. The summed E-state index contributed by atoms with van der Waals surface area (Å²) in [4.78, 5) is 40.6. The lowest BCUT2D eigenvalue weighted by Crippen LogP contribution is -2.41. The second kappa shape index (κ2) is 9.18. The average Bonchev–Trinajstić information content (AvgIpc) is 3.52. The van der Waals surface area contributed by atoms with Crippen molar-refractivity contribution in [3.05, 3.63) is 76.4 Å². The lowest BCUT2D eigenvalue weighted by atomic mass is 9.97. The predicted octanol–water partition coefficient (Wildman–Crippen LogP) is 3.18. The summed E-state index contributed by atoms with van der Waals surface area (Å²) >= 11 is 1.51. The standard InChI is InChI=1S/C23H23N3O4S/c1-15-6-8-16(9-7-15)26-21(28)12-18(22(26)19-5-3-11-31-19)23(29)25-14-20(27)24-13-17-4-2-10-30-17/h2-11,18,22H,12-14H2,1H3,(H,24,27)(H,25,29). The van der Waals surface area contributed by atoms with E-state index < -0.39 is 12.0 Å². The van der Waals surface area contributed by atoms with E-state index in [2.05, 4.69) is 10.6 Å². The zero-order chi connectivity index (χ0) is 21.8. The predicted molar refractivity (Wildman–Crippen MR) is 117 cm³/mol. The van der Waals surface area contributed by atoms with Gasteiger partial charge in [-0.3, -0.25) is 14.4 Å². The summed E-state index contributed by atoms with van der Waals surface area (Å²) < 4.78 is 5.18. The van der Waals surface area contributed by atoms with Gasteiger partial charge in [0.25, 0.3) is 0 Å². The second-order valence-electron chi connectivity index (χ2n) is 7.44. The number of hydrogen-bond acceptors (Lipinski definition) is 5. The molecule has 1 aliphatic heterocycles. The van der Waals surface area contributed by atoms with Crippen molar-refractivity contribution in [1.82, 2.24) is 10.6 Å². The van der Waals surface area contributed by atoms with E-state index in [1.807, 2.05) is 48.7 Å². The van der Waals surface area contributed by atoms with Crippen molar-refractivity contribution in [1.29, 1.82) is 0 Å². The maximum atomic E-state index is 13.0. The lowest BCUT2D eigenvalue weighted by molar-refractivity contribution is -0.129. The van der Waals surface area contributed by atoms with Gasteiger partial charge in [0.15, 0.2) is 0 Å². The molecule has 3 amide bonds. The van der Waals surface area contributed by atoms with Crippen LogP contribution in [-0.4, -0.2) is 24.3 Å². The van der Waals surface area contributed by atoms with E-state index in [4.69, 9.17) is 4.42 Å². The quantitative estimate of drug-likeness (QED) is 0.594. The molecule has 8 heteroatoms. The average molecular weight is 438 g/mol. The fraction of sp³-hybridized carbons (Fsp3) is 0.261. The Hall–Kier alpha value is -3.39. The molecule has 2 N–H and O–H groups in total. The van der Waals surface area contributed by atoms with Gasteiger partial charge in [-0.25, -0.2) is 0 Å². The molecule has 1 aliphatic rings. The third kappa shape index (κ3) is 4.69. The number of amides is 3. The van der Waals surface area contributed by atoms with E-state index >= 15 is 0 Å². The Balaban J connectivity index is 1.46. The number of aryl methyl sites for hydroxylation is 1. The van der Waals surface area contributed by atoms with Crippen LogP contribution < -0.4 is 15.5 Å². The molecule has 1 saturated heterocycles. The maximum Gasteiger partial charge on any atom is 0.239 e. The Morgan fingerprint density at radius 2 is 1.94 bits per heavy atom. The minimum absolute atomic E-state index is 0.0935. The van der Waals surface area contributed by atoms with Crippen LogP contribution >= 0.6 is 11.3 Å². The highest BCUT2D eigenvalue weighted by molar-refractivity contribution is 7.10. The molecule has 0 bridgehead atoms. The van der Waals surface area contributed by atoms with Crippen molar-refractivity contribution in [3.8, 4) is 0 Å². The van der Waals surface area contributed by atoms with Gasteiger partial charge in [0.1, 0.15) is 5.76 Å².